The number of hydrogen-bond acceptors (Lipinski definition) is 5. The summed E-state index contributed by atoms with van der Waals surface area (Å²) >= 11 is 0. The van der Waals surface area contributed by atoms with E-state index in [1.54, 1.807) is 18.7 Å². The first-order valence-corrected chi connectivity index (χ1v) is 14.6. The van der Waals surface area contributed by atoms with Crippen molar-refractivity contribution in [3.8, 4) is 0 Å². The van der Waals surface area contributed by atoms with Gasteiger partial charge in [-0.1, -0.05) is 39.3 Å². The highest BCUT2D eigenvalue weighted by molar-refractivity contribution is 7.88. The highest BCUT2D eigenvalue weighted by Crippen LogP contribution is 2.19. The molecular weight excluding hydrogens is 480 g/mol. The van der Waals surface area contributed by atoms with Crippen LogP contribution >= 0.6 is 0 Å². The van der Waals surface area contributed by atoms with Gasteiger partial charge >= 0.3 is 0 Å². The van der Waals surface area contributed by atoms with Crippen LogP contribution in [0.2, 0.25) is 0 Å². The fourth-order valence-electron chi connectivity index (χ4n) is 3.95. The third-order valence-electron chi connectivity index (χ3n) is 6.26. The summed E-state index contributed by atoms with van der Waals surface area (Å²) in [6.45, 7) is 8.36. The number of piperidine rings is 1. The number of carbonyl (C=O) groups excluding carboxylic acids is 3. The second kappa shape index (κ2) is 14.3. The lowest BCUT2D eigenvalue weighted by Crippen LogP contribution is -2.53. The smallest absolute Gasteiger partial charge is 0.251 e. The molecular formula is C26H41N4O5S. The molecule has 0 aliphatic carbocycles. The summed E-state index contributed by atoms with van der Waals surface area (Å²) in [5.41, 5.74) is 1.60. The quantitative estimate of drug-likeness (QED) is 0.367. The molecule has 1 aromatic rings. The van der Waals surface area contributed by atoms with E-state index < -0.39 is 27.9 Å². The van der Waals surface area contributed by atoms with Crippen molar-refractivity contribution in [1.82, 2.24) is 20.3 Å². The zero-order valence-corrected chi connectivity index (χ0v) is 22.7. The second-order valence-electron chi connectivity index (χ2n) is 9.85. The number of hydrogen-bond donors (Lipinski definition) is 3. The molecule has 3 amide bonds. The standard InChI is InChI=1S/C26H41N4O5S/c1-5-6-7-20-8-10-21(11-9-20)25(32)29-23(26(33)27-15-12-19(2)3)18-28-24(31)22-13-16-30(17-14-22)36(4,34)35/h8-11,15,19,22-23H,5-7,12-14,16-18H2,1-4H3,(H,27,33)(H,28,31)(H,29,32)/t23-/m0/s1. The number of carbonyl (C=O) groups is 3. The predicted octanol–water partition coefficient (Wildman–Crippen LogP) is 2.24. The van der Waals surface area contributed by atoms with Crippen LogP contribution in [0.3, 0.4) is 0 Å². The van der Waals surface area contributed by atoms with Gasteiger partial charge in [0.25, 0.3) is 5.91 Å². The van der Waals surface area contributed by atoms with E-state index in [1.807, 2.05) is 26.0 Å². The van der Waals surface area contributed by atoms with Crippen molar-refractivity contribution >= 4 is 27.7 Å². The summed E-state index contributed by atoms with van der Waals surface area (Å²) in [5, 5.41) is 8.25. The molecule has 1 aliphatic heterocycles. The van der Waals surface area contributed by atoms with E-state index in [4.69, 9.17) is 0 Å². The average molecular weight is 522 g/mol. The number of rotatable bonds is 13. The van der Waals surface area contributed by atoms with E-state index in [-0.39, 0.29) is 31.5 Å². The van der Waals surface area contributed by atoms with Crippen LogP contribution < -0.4 is 16.0 Å². The zero-order valence-electron chi connectivity index (χ0n) is 21.9. The lowest BCUT2D eigenvalue weighted by molar-refractivity contribution is -0.126. The summed E-state index contributed by atoms with van der Waals surface area (Å²) in [6.07, 6.45) is 5.78. The van der Waals surface area contributed by atoms with Crippen LogP contribution in [0.15, 0.2) is 24.3 Å². The molecule has 2 rings (SSSR count). The first-order chi connectivity index (χ1) is 17.0. The Hall–Kier alpha value is -2.46. The lowest BCUT2D eigenvalue weighted by Gasteiger charge is -2.29. The molecule has 0 bridgehead atoms. The van der Waals surface area contributed by atoms with Gasteiger partial charge < -0.3 is 16.0 Å². The SMILES string of the molecule is CCCCc1ccc(C(=O)N[C@@H](CNC(=O)C2CCN(S(C)(=O)=O)CC2)C(=O)N[CH]CC(C)C)cc1. The Morgan fingerprint density at radius 1 is 1.11 bits per heavy atom. The summed E-state index contributed by atoms with van der Waals surface area (Å²) in [4.78, 5) is 38.4. The number of aryl methyl sites for hydroxylation is 1. The molecule has 1 radical (unpaired) electrons. The Morgan fingerprint density at radius 2 is 1.75 bits per heavy atom. The van der Waals surface area contributed by atoms with E-state index in [0.29, 0.717) is 30.7 Å². The second-order valence-corrected chi connectivity index (χ2v) is 11.8. The van der Waals surface area contributed by atoms with Crippen molar-refractivity contribution in [2.45, 2.75) is 65.3 Å². The fraction of sp³-hybridized carbons (Fsp3) is 0.615. The summed E-state index contributed by atoms with van der Waals surface area (Å²) < 4.78 is 24.8. The van der Waals surface area contributed by atoms with Crippen LogP contribution in [0.4, 0.5) is 0 Å². The minimum absolute atomic E-state index is 0.0627. The molecule has 1 aromatic carbocycles. The zero-order chi connectivity index (χ0) is 26.7. The molecule has 1 saturated heterocycles. The van der Waals surface area contributed by atoms with Gasteiger partial charge in [-0.3, -0.25) is 14.4 Å². The molecule has 0 spiro atoms. The van der Waals surface area contributed by atoms with Crippen LogP contribution in [0.25, 0.3) is 0 Å². The molecule has 36 heavy (non-hydrogen) atoms. The molecule has 10 heteroatoms. The number of benzene rings is 1. The Labute approximate surface area is 215 Å². The highest BCUT2D eigenvalue weighted by Gasteiger charge is 2.30. The van der Waals surface area contributed by atoms with Gasteiger partial charge in [0.05, 0.1) is 6.26 Å². The molecule has 1 aliphatic rings. The Kier molecular flexibility index (Phi) is 11.8. The summed E-state index contributed by atoms with van der Waals surface area (Å²) in [7, 11) is -3.28. The van der Waals surface area contributed by atoms with Gasteiger partial charge in [-0.25, -0.2) is 12.7 Å². The van der Waals surface area contributed by atoms with Gasteiger partial charge in [0.1, 0.15) is 6.04 Å². The highest BCUT2D eigenvalue weighted by atomic mass is 32.2. The van der Waals surface area contributed by atoms with Gasteiger partial charge in [-0.2, -0.15) is 0 Å². The van der Waals surface area contributed by atoms with Gasteiger partial charge in [0.2, 0.25) is 21.8 Å². The number of unbranched alkanes of at least 4 members (excludes halogenated alkanes) is 1. The molecule has 3 N–H and O–H groups in total. The van der Waals surface area contributed by atoms with Crippen molar-refractivity contribution in [3.05, 3.63) is 41.9 Å². The lowest BCUT2D eigenvalue weighted by atomic mass is 9.97. The minimum atomic E-state index is -3.28. The summed E-state index contributed by atoms with van der Waals surface area (Å²) in [6, 6.07) is 6.37. The molecule has 1 atom stereocenters. The molecule has 1 fully saturated rings. The minimum Gasteiger partial charge on any atom is -0.353 e. The van der Waals surface area contributed by atoms with Gasteiger partial charge in [0.15, 0.2) is 0 Å². The van der Waals surface area contributed by atoms with Crippen molar-refractivity contribution in [3.63, 3.8) is 0 Å². The third kappa shape index (κ3) is 9.89. The van der Waals surface area contributed by atoms with Crippen molar-refractivity contribution in [1.29, 1.82) is 0 Å². The topological polar surface area (TPSA) is 125 Å². The van der Waals surface area contributed by atoms with Crippen LogP contribution in [-0.2, 0) is 26.0 Å². The number of nitrogens with zero attached hydrogens (tertiary/aromatic N) is 1. The normalized spacial score (nSPS) is 15.9. The first-order valence-electron chi connectivity index (χ1n) is 12.8. The maximum atomic E-state index is 12.9. The van der Waals surface area contributed by atoms with E-state index in [0.717, 1.165) is 31.1 Å². The van der Waals surface area contributed by atoms with E-state index >= 15 is 0 Å². The molecule has 9 nitrogen and oxygen atoms in total. The Morgan fingerprint density at radius 3 is 2.31 bits per heavy atom. The van der Waals surface area contributed by atoms with Crippen LogP contribution in [-0.4, -0.2) is 62.4 Å². The summed E-state index contributed by atoms with van der Waals surface area (Å²) in [5.74, 6) is -1.03. The number of amides is 3. The molecule has 0 aromatic heterocycles. The first kappa shape index (κ1) is 29.8. The maximum absolute atomic E-state index is 12.9. The largest absolute Gasteiger partial charge is 0.353 e. The fourth-order valence-corrected chi connectivity index (χ4v) is 4.82. The van der Waals surface area contributed by atoms with E-state index in [1.165, 1.54) is 4.31 Å². The van der Waals surface area contributed by atoms with Crippen molar-refractivity contribution in [2.24, 2.45) is 11.8 Å². The van der Waals surface area contributed by atoms with Crippen molar-refractivity contribution in [2.75, 3.05) is 25.9 Å². The third-order valence-corrected chi connectivity index (χ3v) is 7.57. The number of sulfonamides is 1. The maximum Gasteiger partial charge on any atom is 0.251 e. The molecule has 0 unspecified atom stereocenters. The van der Waals surface area contributed by atoms with Crippen LogP contribution in [0.5, 0.6) is 0 Å². The van der Waals surface area contributed by atoms with E-state index in [2.05, 4.69) is 22.9 Å². The molecule has 0 saturated carbocycles. The van der Waals surface area contributed by atoms with Gasteiger partial charge in [-0.05, 0) is 55.7 Å². The van der Waals surface area contributed by atoms with Gasteiger partial charge in [-0.15, -0.1) is 0 Å². The van der Waals surface area contributed by atoms with Gasteiger partial charge in [0, 0.05) is 37.7 Å². The monoisotopic (exact) mass is 521 g/mol. The van der Waals surface area contributed by atoms with Crippen molar-refractivity contribution < 1.29 is 22.8 Å². The molecule has 201 valence electrons. The van der Waals surface area contributed by atoms with E-state index in [9.17, 15) is 22.8 Å². The Balaban J connectivity index is 1.99. The van der Waals surface area contributed by atoms with Crippen LogP contribution in [0, 0.1) is 18.4 Å². The average Bonchev–Trinajstić information content (AvgIpc) is 2.84. The van der Waals surface area contributed by atoms with Crippen LogP contribution in [0.1, 0.15) is 68.8 Å². The molecule has 1 heterocycles. The predicted molar refractivity (Wildman–Crippen MR) is 140 cm³/mol. The number of nitrogens with one attached hydrogen (secondary N) is 3. The Bertz CT molecular complexity index is 971.